The number of ether oxygens (including phenoxy) is 1. The molecule has 0 saturated carbocycles. The highest BCUT2D eigenvalue weighted by Crippen LogP contribution is 2.30. The van der Waals surface area contributed by atoms with Gasteiger partial charge >= 0.3 is 0 Å². The SMILES string of the molecule is CNC(CCN1CCCC(C)C1)c1c(F)cccc1OC. The summed E-state index contributed by atoms with van der Waals surface area (Å²) in [6.07, 6.45) is 3.49. The Kier molecular flexibility index (Phi) is 6.00. The fraction of sp³-hybridized carbons (Fsp3) is 0.647. The van der Waals surface area contributed by atoms with Gasteiger partial charge < -0.3 is 15.0 Å². The van der Waals surface area contributed by atoms with Crippen molar-refractivity contribution in [3.63, 3.8) is 0 Å². The topological polar surface area (TPSA) is 24.5 Å². The van der Waals surface area contributed by atoms with Crippen LogP contribution in [0.2, 0.25) is 0 Å². The fourth-order valence-electron chi connectivity index (χ4n) is 3.27. The normalized spacial score (nSPS) is 21.2. The lowest BCUT2D eigenvalue weighted by Crippen LogP contribution is -2.36. The van der Waals surface area contributed by atoms with Gasteiger partial charge in [-0.2, -0.15) is 0 Å². The predicted molar refractivity (Wildman–Crippen MR) is 84.2 cm³/mol. The zero-order valence-corrected chi connectivity index (χ0v) is 13.4. The molecule has 21 heavy (non-hydrogen) atoms. The average Bonchev–Trinajstić information content (AvgIpc) is 2.49. The van der Waals surface area contributed by atoms with E-state index < -0.39 is 0 Å². The third-order valence-electron chi connectivity index (χ3n) is 4.40. The number of halogens is 1. The summed E-state index contributed by atoms with van der Waals surface area (Å²) in [6.45, 7) is 5.62. The molecule has 0 bridgehead atoms. The molecule has 1 aliphatic rings. The molecule has 0 radical (unpaired) electrons. The van der Waals surface area contributed by atoms with Crippen molar-refractivity contribution in [1.82, 2.24) is 10.2 Å². The van der Waals surface area contributed by atoms with Gasteiger partial charge in [0.25, 0.3) is 0 Å². The van der Waals surface area contributed by atoms with Crippen molar-refractivity contribution in [2.45, 2.75) is 32.2 Å². The minimum Gasteiger partial charge on any atom is -0.496 e. The second-order valence-corrected chi connectivity index (χ2v) is 6.03. The summed E-state index contributed by atoms with van der Waals surface area (Å²) in [5.74, 6) is 1.21. The Hall–Kier alpha value is -1.13. The quantitative estimate of drug-likeness (QED) is 0.872. The van der Waals surface area contributed by atoms with Gasteiger partial charge in [0.15, 0.2) is 0 Å². The van der Waals surface area contributed by atoms with Gasteiger partial charge in [-0.3, -0.25) is 0 Å². The molecule has 2 unspecified atom stereocenters. The van der Waals surface area contributed by atoms with E-state index in [4.69, 9.17) is 4.74 Å². The summed E-state index contributed by atoms with van der Waals surface area (Å²) in [5, 5.41) is 3.24. The maximum atomic E-state index is 14.2. The molecule has 3 nitrogen and oxygen atoms in total. The molecule has 1 aromatic rings. The molecule has 4 heteroatoms. The van der Waals surface area contributed by atoms with Crippen molar-refractivity contribution in [1.29, 1.82) is 0 Å². The molecule has 2 atom stereocenters. The van der Waals surface area contributed by atoms with Gasteiger partial charge in [-0.15, -0.1) is 0 Å². The average molecular weight is 294 g/mol. The smallest absolute Gasteiger partial charge is 0.131 e. The van der Waals surface area contributed by atoms with E-state index in [0.717, 1.165) is 32.0 Å². The van der Waals surface area contributed by atoms with Crippen molar-refractivity contribution in [2.24, 2.45) is 5.92 Å². The van der Waals surface area contributed by atoms with E-state index in [2.05, 4.69) is 17.1 Å². The Morgan fingerprint density at radius 1 is 1.48 bits per heavy atom. The number of hydrogen-bond acceptors (Lipinski definition) is 3. The lowest BCUT2D eigenvalue weighted by Gasteiger charge is -2.32. The minimum atomic E-state index is -0.194. The maximum Gasteiger partial charge on any atom is 0.131 e. The van der Waals surface area contributed by atoms with Crippen LogP contribution in [0.5, 0.6) is 5.75 Å². The molecule has 1 aliphatic heterocycles. The lowest BCUT2D eigenvalue weighted by molar-refractivity contribution is 0.176. The zero-order chi connectivity index (χ0) is 15.2. The van der Waals surface area contributed by atoms with Crippen molar-refractivity contribution >= 4 is 0 Å². The third-order valence-corrected chi connectivity index (χ3v) is 4.40. The van der Waals surface area contributed by atoms with E-state index in [1.807, 2.05) is 13.1 Å². The van der Waals surface area contributed by atoms with Crippen molar-refractivity contribution in [3.8, 4) is 5.75 Å². The lowest BCUT2D eigenvalue weighted by atomic mass is 9.98. The minimum absolute atomic E-state index is 0.0154. The summed E-state index contributed by atoms with van der Waals surface area (Å²) < 4.78 is 19.5. The fourth-order valence-corrected chi connectivity index (χ4v) is 3.27. The van der Waals surface area contributed by atoms with Gasteiger partial charge in [-0.25, -0.2) is 4.39 Å². The van der Waals surface area contributed by atoms with E-state index in [1.54, 1.807) is 13.2 Å². The summed E-state index contributed by atoms with van der Waals surface area (Å²) in [7, 11) is 3.48. The van der Waals surface area contributed by atoms with E-state index in [-0.39, 0.29) is 11.9 Å². The number of benzene rings is 1. The largest absolute Gasteiger partial charge is 0.496 e. The highest BCUT2D eigenvalue weighted by atomic mass is 19.1. The Labute approximate surface area is 127 Å². The van der Waals surface area contributed by atoms with Gasteiger partial charge in [0.1, 0.15) is 11.6 Å². The van der Waals surface area contributed by atoms with Crippen LogP contribution in [0.4, 0.5) is 4.39 Å². The molecule has 1 N–H and O–H groups in total. The van der Waals surface area contributed by atoms with E-state index in [9.17, 15) is 4.39 Å². The zero-order valence-electron chi connectivity index (χ0n) is 13.4. The molecule has 1 fully saturated rings. The number of nitrogens with one attached hydrogen (secondary N) is 1. The molecule has 118 valence electrons. The van der Waals surface area contributed by atoms with E-state index >= 15 is 0 Å². The van der Waals surface area contributed by atoms with Crippen molar-refractivity contribution in [3.05, 3.63) is 29.6 Å². The number of likely N-dealkylation sites (tertiary alicyclic amines) is 1. The summed E-state index contributed by atoms with van der Waals surface area (Å²) in [4.78, 5) is 2.49. The van der Waals surface area contributed by atoms with Crippen molar-refractivity contribution < 1.29 is 9.13 Å². The second kappa shape index (κ2) is 7.76. The predicted octanol–water partition coefficient (Wildman–Crippen LogP) is 3.22. The molecule has 1 aromatic carbocycles. The van der Waals surface area contributed by atoms with Crippen LogP contribution < -0.4 is 10.1 Å². The van der Waals surface area contributed by atoms with Crippen LogP contribution in [0.1, 0.15) is 37.8 Å². The number of piperidine rings is 1. The van der Waals surface area contributed by atoms with Gasteiger partial charge in [0, 0.05) is 18.2 Å². The number of hydrogen-bond donors (Lipinski definition) is 1. The van der Waals surface area contributed by atoms with Crippen LogP contribution in [0.25, 0.3) is 0 Å². The first-order chi connectivity index (χ1) is 10.2. The first-order valence-corrected chi connectivity index (χ1v) is 7.87. The van der Waals surface area contributed by atoms with Crippen LogP contribution >= 0.6 is 0 Å². The summed E-state index contributed by atoms with van der Waals surface area (Å²) in [5.41, 5.74) is 0.646. The molecule has 0 amide bonds. The Bertz CT molecular complexity index is 452. The third kappa shape index (κ3) is 4.17. The molecule has 1 heterocycles. The Morgan fingerprint density at radius 3 is 2.95 bits per heavy atom. The first-order valence-electron chi connectivity index (χ1n) is 7.87. The van der Waals surface area contributed by atoms with Gasteiger partial charge in [-0.1, -0.05) is 13.0 Å². The Morgan fingerprint density at radius 2 is 2.29 bits per heavy atom. The molecular formula is C17H27FN2O. The summed E-state index contributed by atoms with van der Waals surface area (Å²) in [6, 6.07) is 5.01. The highest BCUT2D eigenvalue weighted by Gasteiger charge is 2.21. The number of rotatable bonds is 6. The summed E-state index contributed by atoms with van der Waals surface area (Å²) >= 11 is 0. The maximum absolute atomic E-state index is 14.2. The highest BCUT2D eigenvalue weighted by molar-refractivity contribution is 5.37. The van der Waals surface area contributed by atoms with Gasteiger partial charge in [0.2, 0.25) is 0 Å². The van der Waals surface area contributed by atoms with Crippen LogP contribution in [0, 0.1) is 11.7 Å². The monoisotopic (exact) mass is 294 g/mol. The molecule has 0 aromatic heterocycles. The van der Waals surface area contributed by atoms with E-state index in [1.165, 1.54) is 18.9 Å². The Balaban J connectivity index is 2.03. The van der Waals surface area contributed by atoms with Crippen LogP contribution in [0.3, 0.4) is 0 Å². The second-order valence-electron chi connectivity index (χ2n) is 6.03. The van der Waals surface area contributed by atoms with Crippen LogP contribution in [-0.4, -0.2) is 38.7 Å². The first kappa shape index (κ1) is 16.2. The van der Waals surface area contributed by atoms with Gasteiger partial charge in [-0.05, 0) is 57.5 Å². The molecule has 2 rings (SSSR count). The number of nitrogens with zero attached hydrogens (tertiary/aromatic N) is 1. The number of methoxy groups -OCH3 is 1. The standard InChI is InChI=1S/C17H27FN2O/c1-13-6-5-10-20(12-13)11-9-15(19-2)17-14(18)7-4-8-16(17)21-3/h4,7-8,13,15,19H,5-6,9-12H2,1-3H3. The van der Waals surface area contributed by atoms with E-state index in [0.29, 0.717) is 11.3 Å². The van der Waals surface area contributed by atoms with Crippen molar-refractivity contribution in [2.75, 3.05) is 33.8 Å². The van der Waals surface area contributed by atoms with Gasteiger partial charge in [0.05, 0.1) is 7.11 Å². The van der Waals surface area contributed by atoms with Crippen LogP contribution in [-0.2, 0) is 0 Å². The molecule has 0 aliphatic carbocycles. The molecule has 0 spiro atoms. The molecule has 1 saturated heterocycles. The molecular weight excluding hydrogens is 267 g/mol. The van der Waals surface area contributed by atoms with Crippen LogP contribution in [0.15, 0.2) is 18.2 Å².